The molecule has 0 bridgehead atoms. The Kier molecular flexibility index (Phi) is 5.22. The van der Waals surface area contributed by atoms with Crippen LogP contribution in [-0.2, 0) is 14.3 Å². The lowest BCUT2D eigenvalue weighted by Gasteiger charge is -2.30. The number of benzene rings is 1. The third kappa shape index (κ3) is 4.20. The Bertz CT molecular complexity index is 588. The van der Waals surface area contributed by atoms with Gasteiger partial charge in [-0.15, -0.1) is 0 Å². The highest BCUT2D eigenvalue weighted by Gasteiger charge is 2.27. The van der Waals surface area contributed by atoms with Crippen LogP contribution in [-0.4, -0.2) is 47.7 Å². The van der Waals surface area contributed by atoms with Gasteiger partial charge in [0.1, 0.15) is 0 Å². The molecule has 1 amide bonds. The van der Waals surface area contributed by atoms with Crippen molar-refractivity contribution < 1.29 is 19.4 Å². The van der Waals surface area contributed by atoms with Gasteiger partial charge in [0.05, 0.1) is 13.2 Å². The third-order valence-corrected chi connectivity index (χ3v) is 3.60. The van der Waals surface area contributed by atoms with E-state index in [0.29, 0.717) is 22.2 Å². The minimum Gasteiger partial charge on any atom is -0.479 e. The molecule has 1 aliphatic rings. The Balaban J connectivity index is 2.05. The minimum atomic E-state index is -1.07. The number of halogens is 2. The predicted molar refractivity (Wildman–Crippen MR) is 79.5 cm³/mol. The second-order valence-electron chi connectivity index (χ2n) is 4.48. The number of rotatable bonds is 3. The summed E-state index contributed by atoms with van der Waals surface area (Å²) in [6.45, 7) is 0.590. The van der Waals surface area contributed by atoms with E-state index in [2.05, 4.69) is 0 Å². The van der Waals surface area contributed by atoms with E-state index in [9.17, 15) is 9.59 Å². The number of carboxylic acid groups (broad SMARTS) is 1. The van der Waals surface area contributed by atoms with Gasteiger partial charge < -0.3 is 14.7 Å². The van der Waals surface area contributed by atoms with Crippen molar-refractivity contribution in [1.82, 2.24) is 4.90 Å². The van der Waals surface area contributed by atoms with E-state index in [0.717, 1.165) is 0 Å². The summed E-state index contributed by atoms with van der Waals surface area (Å²) in [5.74, 6) is -1.37. The first-order chi connectivity index (χ1) is 9.97. The third-order valence-electron chi connectivity index (χ3n) is 3.02. The summed E-state index contributed by atoms with van der Waals surface area (Å²) < 4.78 is 5.06. The highest BCUT2D eigenvalue weighted by Crippen LogP contribution is 2.21. The van der Waals surface area contributed by atoms with Crippen LogP contribution in [0.3, 0.4) is 0 Å². The first-order valence-electron chi connectivity index (χ1n) is 6.24. The Labute approximate surface area is 131 Å². The summed E-state index contributed by atoms with van der Waals surface area (Å²) in [4.78, 5) is 24.3. The highest BCUT2D eigenvalue weighted by molar-refractivity contribution is 6.34. The Morgan fingerprint density at radius 1 is 1.38 bits per heavy atom. The molecule has 0 aromatic heterocycles. The predicted octanol–water partition coefficient (Wildman–Crippen LogP) is 2.32. The molecule has 5 nitrogen and oxygen atoms in total. The van der Waals surface area contributed by atoms with Gasteiger partial charge >= 0.3 is 5.97 Å². The molecule has 1 saturated heterocycles. The van der Waals surface area contributed by atoms with Crippen molar-refractivity contribution in [3.05, 3.63) is 39.9 Å². The van der Waals surface area contributed by atoms with Crippen LogP contribution in [0.25, 0.3) is 6.08 Å². The van der Waals surface area contributed by atoms with Crippen molar-refractivity contribution in [2.75, 3.05) is 19.7 Å². The molecule has 2 rings (SSSR count). The average Bonchev–Trinajstić information content (AvgIpc) is 2.48. The van der Waals surface area contributed by atoms with Crippen molar-refractivity contribution in [1.29, 1.82) is 0 Å². The summed E-state index contributed by atoms with van der Waals surface area (Å²) in [5.41, 5.74) is 0.626. The number of aliphatic carboxylic acids is 1. The van der Waals surface area contributed by atoms with Crippen LogP contribution in [0, 0.1) is 0 Å². The maximum absolute atomic E-state index is 12.1. The molecule has 0 radical (unpaired) electrons. The smallest absolute Gasteiger partial charge is 0.334 e. The lowest BCUT2D eigenvalue weighted by Crippen LogP contribution is -2.48. The molecule has 112 valence electrons. The fraction of sp³-hybridized carbons (Fsp3) is 0.286. The number of morpholine rings is 1. The zero-order valence-corrected chi connectivity index (χ0v) is 12.5. The summed E-state index contributed by atoms with van der Waals surface area (Å²) >= 11 is 11.9. The fourth-order valence-electron chi connectivity index (χ4n) is 1.91. The van der Waals surface area contributed by atoms with Gasteiger partial charge in [-0.05, 0) is 29.8 Å². The maximum atomic E-state index is 12.1. The molecule has 1 N–H and O–H groups in total. The number of carbonyl (C=O) groups excluding carboxylic acids is 1. The Morgan fingerprint density at radius 3 is 2.86 bits per heavy atom. The van der Waals surface area contributed by atoms with Gasteiger partial charge in [0, 0.05) is 22.7 Å². The van der Waals surface area contributed by atoms with E-state index >= 15 is 0 Å². The second-order valence-corrected chi connectivity index (χ2v) is 5.32. The SMILES string of the molecule is O=C(O)[C@@H]1CN(C(=O)/C=C\c2cc(Cl)ccc2Cl)CCO1. The van der Waals surface area contributed by atoms with E-state index in [-0.39, 0.29) is 19.1 Å². The van der Waals surface area contributed by atoms with Gasteiger partial charge in [0.15, 0.2) is 6.10 Å². The number of amides is 1. The van der Waals surface area contributed by atoms with Gasteiger partial charge in [-0.2, -0.15) is 0 Å². The molecule has 7 heteroatoms. The zero-order valence-electron chi connectivity index (χ0n) is 11.0. The largest absolute Gasteiger partial charge is 0.479 e. The molecule has 21 heavy (non-hydrogen) atoms. The van der Waals surface area contributed by atoms with Gasteiger partial charge in [0.25, 0.3) is 0 Å². The van der Waals surface area contributed by atoms with Crippen molar-refractivity contribution >= 4 is 41.2 Å². The summed E-state index contributed by atoms with van der Waals surface area (Å²) in [7, 11) is 0. The van der Waals surface area contributed by atoms with Gasteiger partial charge in [-0.1, -0.05) is 23.2 Å². The molecule has 0 spiro atoms. The first kappa shape index (κ1) is 15.8. The molecule has 1 fully saturated rings. The van der Waals surface area contributed by atoms with E-state index in [4.69, 9.17) is 33.0 Å². The lowest BCUT2D eigenvalue weighted by molar-refractivity contribution is -0.158. The van der Waals surface area contributed by atoms with Crippen molar-refractivity contribution in [3.63, 3.8) is 0 Å². The molecular weight excluding hydrogens is 317 g/mol. The average molecular weight is 330 g/mol. The first-order valence-corrected chi connectivity index (χ1v) is 6.99. The van der Waals surface area contributed by atoms with E-state index in [1.54, 1.807) is 24.3 Å². The van der Waals surface area contributed by atoms with E-state index < -0.39 is 12.1 Å². The summed E-state index contributed by atoms with van der Waals surface area (Å²) in [5, 5.41) is 9.90. The summed E-state index contributed by atoms with van der Waals surface area (Å²) in [6, 6.07) is 4.94. The number of hydrogen-bond donors (Lipinski definition) is 1. The van der Waals surface area contributed by atoms with Gasteiger partial charge in [0.2, 0.25) is 5.91 Å². The number of carboxylic acids is 1. The molecule has 0 aliphatic carbocycles. The van der Waals surface area contributed by atoms with Crippen molar-refractivity contribution in [2.24, 2.45) is 0 Å². The number of carbonyl (C=O) groups is 2. The maximum Gasteiger partial charge on any atom is 0.334 e. The van der Waals surface area contributed by atoms with Crippen molar-refractivity contribution in [3.8, 4) is 0 Å². The van der Waals surface area contributed by atoms with Crippen LogP contribution in [0.1, 0.15) is 5.56 Å². The molecule has 1 heterocycles. The van der Waals surface area contributed by atoms with E-state index in [1.807, 2.05) is 0 Å². The molecule has 1 aromatic rings. The zero-order chi connectivity index (χ0) is 15.4. The Morgan fingerprint density at radius 2 is 2.14 bits per heavy atom. The Hall–Kier alpha value is -1.56. The monoisotopic (exact) mass is 329 g/mol. The quantitative estimate of drug-likeness (QED) is 0.864. The molecule has 0 unspecified atom stereocenters. The standard InChI is InChI=1S/C14H13Cl2NO4/c15-10-2-3-11(16)9(7-10)1-4-13(18)17-5-6-21-12(8-17)14(19)20/h1-4,7,12H,5-6,8H2,(H,19,20)/b4-1-/t12-/m0/s1. The molecule has 1 atom stereocenters. The minimum absolute atomic E-state index is 0.0295. The molecule has 0 saturated carbocycles. The van der Waals surface area contributed by atoms with Gasteiger partial charge in [-0.25, -0.2) is 4.79 Å². The lowest BCUT2D eigenvalue weighted by atomic mass is 10.2. The highest BCUT2D eigenvalue weighted by atomic mass is 35.5. The van der Waals surface area contributed by atoms with Crippen LogP contribution in [0.2, 0.25) is 10.0 Å². The van der Waals surface area contributed by atoms with Crippen LogP contribution in [0.4, 0.5) is 0 Å². The number of ether oxygens (including phenoxy) is 1. The molecule has 1 aliphatic heterocycles. The van der Waals surface area contributed by atoms with Gasteiger partial charge in [-0.3, -0.25) is 4.79 Å². The molecule has 1 aromatic carbocycles. The van der Waals surface area contributed by atoms with Crippen LogP contribution < -0.4 is 0 Å². The number of nitrogens with zero attached hydrogens (tertiary/aromatic N) is 1. The van der Waals surface area contributed by atoms with Crippen molar-refractivity contribution in [2.45, 2.75) is 6.10 Å². The summed E-state index contributed by atoms with van der Waals surface area (Å²) in [6.07, 6.45) is 1.93. The normalized spacial score (nSPS) is 19.0. The van der Waals surface area contributed by atoms with Crippen LogP contribution in [0.15, 0.2) is 24.3 Å². The second kappa shape index (κ2) is 6.93. The van der Waals surface area contributed by atoms with Crippen LogP contribution >= 0.6 is 23.2 Å². The fourth-order valence-corrected chi connectivity index (χ4v) is 2.27. The van der Waals surface area contributed by atoms with E-state index in [1.165, 1.54) is 11.0 Å². The van der Waals surface area contributed by atoms with Crippen LogP contribution in [0.5, 0.6) is 0 Å². The number of hydrogen-bond acceptors (Lipinski definition) is 3. The topological polar surface area (TPSA) is 66.8 Å². The molecular formula is C14H13Cl2NO4.